The van der Waals surface area contributed by atoms with Gasteiger partial charge in [0.25, 0.3) is 0 Å². The summed E-state index contributed by atoms with van der Waals surface area (Å²) in [5.41, 5.74) is 0.0544. The first kappa shape index (κ1) is 14.8. The van der Waals surface area contributed by atoms with Crippen LogP contribution >= 0.6 is 43.5 Å². The summed E-state index contributed by atoms with van der Waals surface area (Å²) in [5.74, 6) is 0. The molecule has 0 aliphatic heterocycles. The minimum absolute atomic E-state index is 0.513. The van der Waals surface area contributed by atoms with E-state index in [1.807, 2.05) is 0 Å². The molecule has 0 aliphatic rings. The van der Waals surface area contributed by atoms with Gasteiger partial charge in [0.05, 0.1) is 5.69 Å². The maximum absolute atomic E-state index is 11.6. The predicted molar refractivity (Wildman–Crippen MR) is 76.7 cm³/mol. The van der Waals surface area contributed by atoms with Crippen molar-refractivity contribution in [3.63, 3.8) is 0 Å². The Balaban J connectivity index is 2.86. The Morgan fingerprint density at radius 2 is 1.76 bits per heavy atom. The van der Waals surface area contributed by atoms with E-state index in [4.69, 9.17) is 16.3 Å². The fraction of sp³-hybridized carbons (Fsp3) is 0.364. The van der Waals surface area contributed by atoms with Crippen molar-refractivity contribution in [2.45, 2.75) is 26.4 Å². The van der Waals surface area contributed by atoms with Gasteiger partial charge in [0.15, 0.2) is 0 Å². The van der Waals surface area contributed by atoms with E-state index in [1.165, 1.54) is 0 Å². The molecule has 0 aliphatic carbocycles. The molecule has 1 amide bonds. The average Bonchev–Trinajstić information content (AvgIpc) is 2.08. The van der Waals surface area contributed by atoms with E-state index in [2.05, 4.69) is 37.2 Å². The number of anilines is 1. The molecule has 0 heterocycles. The number of hydrogen-bond donors (Lipinski definition) is 1. The summed E-state index contributed by atoms with van der Waals surface area (Å²) in [7, 11) is 0. The average molecular weight is 385 g/mol. The molecule has 1 aromatic rings. The van der Waals surface area contributed by atoms with Crippen molar-refractivity contribution >= 4 is 55.2 Å². The van der Waals surface area contributed by atoms with Crippen LogP contribution in [-0.2, 0) is 4.74 Å². The van der Waals surface area contributed by atoms with Crippen LogP contribution < -0.4 is 5.32 Å². The number of carbonyl (C=O) groups is 1. The molecule has 1 N–H and O–H groups in total. The van der Waals surface area contributed by atoms with Crippen molar-refractivity contribution in [2.24, 2.45) is 0 Å². The number of carbonyl (C=O) groups excluding carboxylic acids is 1. The Hall–Kier alpha value is -0.260. The summed E-state index contributed by atoms with van der Waals surface area (Å²) in [5, 5.41) is 3.22. The maximum atomic E-state index is 11.6. The van der Waals surface area contributed by atoms with Gasteiger partial charge in [-0.1, -0.05) is 11.6 Å². The van der Waals surface area contributed by atoms with E-state index in [9.17, 15) is 4.79 Å². The second-order valence-electron chi connectivity index (χ2n) is 4.37. The molecule has 0 saturated carbocycles. The smallest absolute Gasteiger partial charge is 0.412 e. The molecule has 0 bridgehead atoms. The van der Waals surface area contributed by atoms with E-state index in [-0.39, 0.29) is 0 Å². The highest BCUT2D eigenvalue weighted by Crippen LogP contribution is 2.34. The molecule has 6 heteroatoms. The van der Waals surface area contributed by atoms with Gasteiger partial charge >= 0.3 is 6.09 Å². The lowest BCUT2D eigenvalue weighted by Crippen LogP contribution is -2.27. The largest absolute Gasteiger partial charge is 0.444 e. The van der Waals surface area contributed by atoms with Crippen molar-refractivity contribution in [1.29, 1.82) is 0 Å². The van der Waals surface area contributed by atoms with Gasteiger partial charge in [0.2, 0.25) is 0 Å². The number of nitrogens with one attached hydrogen (secondary N) is 1. The number of ether oxygens (including phenoxy) is 1. The predicted octanol–water partition coefficient (Wildman–Crippen LogP) is 5.21. The summed E-state index contributed by atoms with van der Waals surface area (Å²) in [6, 6.07) is 3.39. The number of hydrogen-bond acceptors (Lipinski definition) is 2. The van der Waals surface area contributed by atoms with Gasteiger partial charge in [-0.05, 0) is 64.8 Å². The minimum atomic E-state index is -0.532. The third-order valence-electron chi connectivity index (χ3n) is 1.63. The zero-order valence-corrected chi connectivity index (χ0v) is 13.5. The second-order valence-corrected chi connectivity index (χ2v) is 6.52. The summed E-state index contributed by atoms with van der Waals surface area (Å²) >= 11 is 12.5. The number of amides is 1. The van der Waals surface area contributed by atoms with Crippen LogP contribution in [0.4, 0.5) is 10.5 Å². The zero-order chi connectivity index (χ0) is 13.2. The number of benzene rings is 1. The molecular weight excluding hydrogens is 373 g/mol. The Morgan fingerprint density at radius 3 is 2.18 bits per heavy atom. The molecule has 1 rings (SSSR count). The zero-order valence-electron chi connectivity index (χ0n) is 9.61. The Bertz CT molecular complexity index is 421. The fourth-order valence-corrected chi connectivity index (χ4v) is 2.93. The quantitative estimate of drug-likeness (QED) is 0.720. The van der Waals surface area contributed by atoms with Crippen LogP contribution in [0.5, 0.6) is 0 Å². The molecule has 0 unspecified atom stereocenters. The monoisotopic (exact) mass is 383 g/mol. The standard InChI is InChI=1S/C11H12Br2ClNO2/c1-11(2,3)17-10(16)15-9-7(12)4-6(14)5-8(9)13/h4-5H,1-3H3,(H,15,16). The molecular formula is C11H12Br2ClNO2. The van der Waals surface area contributed by atoms with Crippen LogP contribution in [0.15, 0.2) is 21.1 Å². The molecule has 0 saturated heterocycles. The summed E-state index contributed by atoms with van der Waals surface area (Å²) in [6.07, 6.45) is -0.513. The molecule has 0 aromatic heterocycles. The molecule has 0 atom stereocenters. The Kier molecular flexibility index (Phi) is 4.86. The highest BCUT2D eigenvalue weighted by molar-refractivity contribution is 9.11. The summed E-state index contributed by atoms with van der Waals surface area (Å²) < 4.78 is 6.52. The van der Waals surface area contributed by atoms with Gasteiger partial charge in [0, 0.05) is 14.0 Å². The molecule has 0 spiro atoms. The van der Waals surface area contributed by atoms with E-state index in [0.717, 1.165) is 0 Å². The third-order valence-corrected chi connectivity index (χ3v) is 3.10. The topological polar surface area (TPSA) is 38.3 Å². The Morgan fingerprint density at radius 1 is 1.29 bits per heavy atom. The van der Waals surface area contributed by atoms with Crippen LogP contribution in [0.1, 0.15) is 20.8 Å². The van der Waals surface area contributed by atoms with E-state index in [0.29, 0.717) is 19.7 Å². The lowest BCUT2D eigenvalue weighted by Gasteiger charge is -2.20. The van der Waals surface area contributed by atoms with E-state index in [1.54, 1.807) is 32.9 Å². The van der Waals surface area contributed by atoms with Crippen LogP contribution in [0.3, 0.4) is 0 Å². The van der Waals surface area contributed by atoms with Gasteiger partial charge in [-0.25, -0.2) is 4.79 Å². The first-order valence-corrected chi connectivity index (χ1v) is 6.80. The van der Waals surface area contributed by atoms with Crippen molar-refractivity contribution in [1.82, 2.24) is 0 Å². The normalized spacial score (nSPS) is 11.2. The highest BCUT2D eigenvalue weighted by Gasteiger charge is 2.18. The maximum Gasteiger partial charge on any atom is 0.412 e. The number of rotatable bonds is 1. The van der Waals surface area contributed by atoms with Gasteiger partial charge in [-0.3, -0.25) is 5.32 Å². The minimum Gasteiger partial charge on any atom is -0.444 e. The van der Waals surface area contributed by atoms with Crippen molar-refractivity contribution in [3.8, 4) is 0 Å². The highest BCUT2D eigenvalue weighted by atomic mass is 79.9. The van der Waals surface area contributed by atoms with E-state index >= 15 is 0 Å². The molecule has 3 nitrogen and oxygen atoms in total. The molecule has 0 fully saturated rings. The SMILES string of the molecule is CC(C)(C)OC(=O)Nc1c(Br)cc(Cl)cc1Br. The van der Waals surface area contributed by atoms with Crippen molar-refractivity contribution in [2.75, 3.05) is 5.32 Å². The molecule has 0 radical (unpaired) electrons. The third kappa shape index (κ3) is 4.85. The summed E-state index contributed by atoms with van der Waals surface area (Å²) in [6.45, 7) is 5.41. The Labute approximate surface area is 122 Å². The summed E-state index contributed by atoms with van der Waals surface area (Å²) in [4.78, 5) is 11.6. The first-order valence-electron chi connectivity index (χ1n) is 4.83. The lowest BCUT2D eigenvalue weighted by molar-refractivity contribution is 0.0635. The molecule has 94 valence electrons. The van der Waals surface area contributed by atoms with E-state index < -0.39 is 11.7 Å². The van der Waals surface area contributed by atoms with Crippen molar-refractivity contribution < 1.29 is 9.53 Å². The lowest BCUT2D eigenvalue weighted by atomic mass is 10.2. The van der Waals surface area contributed by atoms with Crippen LogP contribution in [0.25, 0.3) is 0 Å². The first-order chi connectivity index (χ1) is 7.69. The van der Waals surface area contributed by atoms with Gasteiger partial charge in [-0.15, -0.1) is 0 Å². The van der Waals surface area contributed by atoms with Gasteiger partial charge in [-0.2, -0.15) is 0 Å². The number of halogens is 3. The van der Waals surface area contributed by atoms with Crippen molar-refractivity contribution in [3.05, 3.63) is 26.1 Å². The molecule has 1 aromatic carbocycles. The van der Waals surface area contributed by atoms with Gasteiger partial charge in [0.1, 0.15) is 5.60 Å². The fourth-order valence-electron chi connectivity index (χ4n) is 1.07. The van der Waals surface area contributed by atoms with Crippen LogP contribution in [-0.4, -0.2) is 11.7 Å². The van der Waals surface area contributed by atoms with Crippen LogP contribution in [0.2, 0.25) is 5.02 Å². The molecule has 17 heavy (non-hydrogen) atoms. The second kappa shape index (κ2) is 5.59. The van der Waals surface area contributed by atoms with Crippen LogP contribution in [0, 0.1) is 0 Å². The van der Waals surface area contributed by atoms with Gasteiger partial charge < -0.3 is 4.74 Å².